The van der Waals surface area contributed by atoms with E-state index in [9.17, 15) is 0 Å². The molecule has 1 unspecified atom stereocenters. The second-order valence-electron chi connectivity index (χ2n) is 3.86. The molecular formula is C12H20N2. The highest BCUT2D eigenvalue weighted by Crippen LogP contribution is 2.05. The summed E-state index contributed by atoms with van der Waals surface area (Å²) in [6, 6.07) is 11.2. The molecule has 1 aromatic carbocycles. The normalized spacial score (nSPS) is 13.1. The Bertz CT molecular complexity index is 244. The zero-order valence-corrected chi connectivity index (χ0v) is 9.33. The monoisotopic (exact) mass is 192 g/mol. The number of nitrogens with zero attached hydrogens (tertiary/aromatic N) is 1. The second kappa shape index (κ2) is 5.78. The highest BCUT2D eigenvalue weighted by Gasteiger charge is 2.10. The zero-order valence-electron chi connectivity index (χ0n) is 9.33. The van der Waals surface area contributed by atoms with Crippen LogP contribution in [0.5, 0.6) is 0 Å². The van der Waals surface area contributed by atoms with Crippen LogP contribution in [0.15, 0.2) is 30.3 Å². The third-order valence-electron chi connectivity index (χ3n) is 2.48. The van der Waals surface area contributed by atoms with Gasteiger partial charge in [-0.25, -0.2) is 0 Å². The Morgan fingerprint density at radius 3 is 2.36 bits per heavy atom. The van der Waals surface area contributed by atoms with Gasteiger partial charge in [-0.2, -0.15) is 0 Å². The van der Waals surface area contributed by atoms with E-state index in [1.165, 1.54) is 5.56 Å². The van der Waals surface area contributed by atoms with Crippen LogP contribution in [0.2, 0.25) is 0 Å². The number of hydrogen-bond donors (Lipinski definition) is 1. The lowest BCUT2D eigenvalue weighted by Gasteiger charge is -2.24. The third-order valence-corrected chi connectivity index (χ3v) is 2.48. The lowest BCUT2D eigenvalue weighted by atomic mass is 10.1. The van der Waals surface area contributed by atoms with Crippen molar-refractivity contribution in [2.75, 3.05) is 27.7 Å². The van der Waals surface area contributed by atoms with Gasteiger partial charge in [0.25, 0.3) is 0 Å². The summed E-state index contributed by atoms with van der Waals surface area (Å²) >= 11 is 0. The van der Waals surface area contributed by atoms with E-state index in [0.717, 1.165) is 13.0 Å². The van der Waals surface area contributed by atoms with E-state index in [-0.39, 0.29) is 0 Å². The van der Waals surface area contributed by atoms with Gasteiger partial charge >= 0.3 is 0 Å². The van der Waals surface area contributed by atoms with Crippen molar-refractivity contribution in [3.05, 3.63) is 35.9 Å². The van der Waals surface area contributed by atoms with E-state index in [4.69, 9.17) is 0 Å². The Balaban J connectivity index is 2.55. The summed E-state index contributed by atoms with van der Waals surface area (Å²) in [7, 11) is 6.26. The number of nitrogens with one attached hydrogen (secondary N) is 1. The van der Waals surface area contributed by atoms with E-state index < -0.39 is 0 Å². The minimum Gasteiger partial charge on any atom is -0.318 e. The van der Waals surface area contributed by atoms with Gasteiger partial charge in [-0.3, -0.25) is 0 Å². The molecule has 0 saturated heterocycles. The van der Waals surface area contributed by atoms with Gasteiger partial charge in [-0.1, -0.05) is 30.3 Å². The van der Waals surface area contributed by atoms with Gasteiger partial charge in [0, 0.05) is 12.6 Å². The predicted octanol–water partition coefficient (Wildman–Crippen LogP) is 1.38. The molecule has 78 valence electrons. The third kappa shape index (κ3) is 3.48. The van der Waals surface area contributed by atoms with Gasteiger partial charge in [0.05, 0.1) is 0 Å². The van der Waals surface area contributed by atoms with Crippen molar-refractivity contribution in [2.24, 2.45) is 0 Å². The molecule has 0 radical (unpaired) electrons. The summed E-state index contributed by atoms with van der Waals surface area (Å²) in [5.41, 5.74) is 1.40. The van der Waals surface area contributed by atoms with Crippen molar-refractivity contribution < 1.29 is 0 Å². The van der Waals surface area contributed by atoms with Crippen LogP contribution >= 0.6 is 0 Å². The molecule has 1 N–H and O–H groups in total. The van der Waals surface area contributed by atoms with Gasteiger partial charge in [0.2, 0.25) is 0 Å². The standard InChI is InChI=1S/C12H20N2/c1-13-10-12(14(2)3)9-11-7-5-4-6-8-11/h4-8,12-13H,9-10H2,1-3H3. The van der Waals surface area contributed by atoms with Crippen LogP contribution in [-0.2, 0) is 6.42 Å². The summed E-state index contributed by atoms with van der Waals surface area (Å²) in [6.07, 6.45) is 1.11. The van der Waals surface area contributed by atoms with Crippen molar-refractivity contribution in [3.63, 3.8) is 0 Å². The summed E-state index contributed by atoms with van der Waals surface area (Å²) < 4.78 is 0. The van der Waals surface area contributed by atoms with Crippen LogP contribution in [0.4, 0.5) is 0 Å². The lowest BCUT2D eigenvalue weighted by Crippen LogP contribution is -2.38. The summed E-state index contributed by atoms with van der Waals surface area (Å²) in [5.74, 6) is 0. The molecule has 2 heteroatoms. The smallest absolute Gasteiger partial charge is 0.0254 e. The van der Waals surface area contributed by atoms with Crippen LogP contribution in [0.1, 0.15) is 5.56 Å². The Hall–Kier alpha value is -0.860. The van der Waals surface area contributed by atoms with E-state index in [1.807, 2.05) is 7.05 Å². The fourth-order valence-corrected chi connectivity index (χ4v) is 1.56. The van der Waals surface area contributed by atoms with Gasteiger partial charge in [-0.05, 0) is 33.1 Å². The van der Waals surface area contributed by atoms with Crippen LogP contribution < -0.4 is 5.32 Å². The summed E-state index contributed by atoms with van der Waals surface area (Å²) in [4.78, 5) is 2.27. The minimum absolute atomic E-state index is 0.572. The highest BCUT2D eigenvalue weighted by molar-refractivity contribution is 5.15. The molecule has 1 aromatic rings. The molecule has 14 heavy (non-hydrogen) atoms. The highest BCUT2D eigenvalue weighted by atomic mass is 15.1. The van der Waals surface area contributed by atoms with E-state index in [1.54, 1.807) is 0 Å². The molecule has 1 atom stereocenters. The predicted molar refractivity (Wildman–Crippen MR) is 61.5 cm³/mol. The minimum atomic E-state index is 0.572. The summed E-state index contributed by atoms with van der Waals surface area (Å²) in [6.45, 7) is 1.03. The molecule has 2 nitrogen and oxygen atoms in total. The Morgan fingerprint density at radius 1 is 1.21 bits per heavy atom. The maximum absolute atomic E-state index is 3.23. The Morgan fingerprint density at radius 2 is 1.86 bits per heavy atom. The number of rotatable bonds is 5. The maximum Gasteiger partial charge on any atom is 0.0254 e. The average Bonchev–Trinajstić information content (AvgIpc) is 2.18. The number of likely N-dealkylation sites (N-methyl/N-ethyl adjacent to an activating group) is 2. The van der Waals surface area contributed by atoms with Gasteiger partial charge in [0.15, 0.2) is 0 Å². The van der Waals surface area contributed by atoms with Crippen LogP contribution in [0.3, 0.4) is 0 Å². The van der Waals surface area contributed by atoms with E-state index in [0.29, 0.717) is 6.04 Å². The molecule has 0 amide bonds. The quantitative estimate of drug-likeness (QED) is 0.758. The molecule has 0 aliphatic heterocycles. The summed E-state index contributed by atoms with van der Waals surface area (Å²) in [5, 5.41) is 3.23. The Labute approximate surface area is 86.9 Å². The molecular weight excluding hydrogens is 172 g/mol. The first-order valence-electron chi connectivity index (χ1n) is 5.09. The van der Waals surface area contributed by atoms with E-state index >= 15 is 0 Å². The topological polar surface area (TPSA) is 15.3 Å². The van der Waals surface area contributed by atoms with Crippen LogP contribution in [0, 0.1) is 0 Å². The molecule has 0 spiro atoms. The molecule has 0 aliphatic rings. The maximum atomic E-state index is 3.23. The first-order chi connectivity index (χ1) is 6.74. The molecule has 1 rings (SSSR count). The molecule has 0 fully saturated rings. The van der Waals surface area contributed by atoms with Crippen molar-refractivity contribution in [1.82, 2.24) is 10.2 Å². The molecule has 0 bridgehead atoms. The van der Waals surface area contributed by atoms with Crippen LogP contribution in [-0.4, -0.2) is 38.6 Å². The average molecular weight is 192 g/mol. The molecule has 0 saturated carbocycles. The largest absolute Gasteiger partial charge is 0.318 e. The van der Waals surface area contributed by atoms with Crippen molar-refractivity contribution in [2.45, 2.75) is 12.5 Å². The van der Waals surface area contributed by atoms with Crippen LogP contribution in [0.25, 0.3) is 0 Å². The molecule has 0 aliphatic carbocycles. The fraction of sp³-hybridized carbons (Fsp3) is 0.500. The van der Waals surface area contributed by atoms with Gasteiger partial charge in [-0.15, -0.1) is 0 Å². The zero-order chi connectivity index (χ0) is 10.4. The van der Waals surface area contributed by atoms with Crippen molar-refractivity contribution in [1.29, 1.82) is 0 Å². The fourth-order valence-electron chi connectivity index (χ4n) is 1.56. The van der Waals surface area contributed by atoms with Crippen molar-refractivity contribution in [3.8, 4) is 0 Å². The number of benzene rings is 1. The SMILES string of the molecule is CNCC(Cc1ccccc1)N(C)C. The van der Waals surface area contributed by atoms with Gasteiger partial charge in [0.1, 0.15) is 0 Å². The lowest BCUT2D eigenvalue weighted by molar-refractivity contribution is 0.286. The molecule has 0 aromatic heterocycles. The van der Waals surface area contributed by atoms with Crippen molar-refractivity contribution >= 4 is 0 Å². The first-order valence-corrected chi connectivity index (χ1v) is 5.09. The first kappa shape index (κ1) is 11.2. The Kier molecular flexibility index (Phi) is 4.63. The van der Waals surface area contributed by atoms with E-state index in [2.05, 4.69) is 54.6 Å². The molecule has 0 heterocycles. The second-order valence-corrected chi connectivity index (χ2v) is 3.86. The van der Waals surface area contributed by atoms with Gasteiger partial charge < -0.3 is 10.2 Å². The number of hydrogen-bond acceptors (Lipinski definition) is 2.